The maximum atomic E-state index is 5.94. The summed E-state index contributed by atoms with van der Waals surface area (Å²) in [5.74, 6) is 3.13. The van der Waals surface area contributed by atoms with E-state index in [0.717, 1.165) is 17.6 Å². The highest BCUT2D eigenvalue weighted by Gasteiger charge is 2.26. The Kier molecular flexibility index (Phi) is 6.97. The zero-order valence-electron chi connectivity index (χ0n) is 15.5. The molecule has 0 N–H and O–H groups in total. The first-order chi connectivity index (χ1) is 12.2. The highest BCUT2D eigenvalue weighted by molar-refractivity contribution is 7.98. The van der Waals surface area contributed by atoms with Gasteiger partial charge in [-0.25, -0.2) is 0 Å². The first-order valence-electron chi connectivity index (χ1n) is 9.76. The molecule has 25 heavy (non-hydrogen) atoms. The van der Waals surface area contributed by atoms with Gasteiger partial charge in [0.2, 0.25) is 5.89 Å². The molecule has 0 saturated heterocycles. The van der Waals surface area contributed by atoms with E-state index in [0.29, 0.717) is 11.1 Å². The van der Waals surface area contributed by atoms with Crippen LogP contribution in [0, 0.1) is 12.8 Å². The number of hydrogen-bond donors (Lipinski definition) is 0. The molecule has 0 radical (unpaired) electrons. The molecule has 0 unspecified atom stereocenters. The lowest BCUT2D eigenvalue weighted by Gasteiger charge is -2.26. The van der Waals surface area contributed by atoms with Gasteiger partial charge in [0, 0.05) is 11.7 Å². The van der Waals surface area contributed by atoms with Crippen molar-refractivity contribution in [3.8, 4) is 0 Å². The second kappa shape index (κ2) is 9.42. The maximum absolute atomic E-state index is 5.94. The summed E-state index contributed by atoms with van der Waals surface area (Å²) >= 11 is 1.64. The Labute approximate surface area is 156 Å². The van der Waals surface area contributed by atoms with Crippen molar-refractivity contribution in [2.24, 2.45) is 5.92 Å². The van der Waals surface area contributed by atoms with Crippen LogP contribution in [-0.4, -0.2) is 10.2 Å². The summed E-state index contributed by atoms with van der Waals surface area (Å²) in [7, 11) is 0. The number of thioether (sulfide) groups is 1. The van der Waals surface area contributed by atoms with Crippen molar-refractivity contribution in [2.45, 2.75) is 82.1 Å². The fraction of sp³-hybridized carbons (Fsp3) is 0.619. The smallest absolute Gasteiger partial charge is 0.276 e. The Bertz CT molecular complexity index is 630. The van der Waals surface area contributed by atoms with Crippen LogP contribution in [0.5, 0.6) is 0 Å². The van der Waals surface area contributed by atoms with Crippen LogP contribution in [0.2, 0.25) is 0 Å². The Morgan fingerprint density at radius 1 is 1.04 bits per heavy atom. The van der Waals surface area contributed by atoms with Gasteiger partial charge in [-0.05, 0) is 44.1 Å². The normalized spacial score (nSPS) is 20.7. The molecule has 2 aromatic rings. The third kappa shape index (κ3) is 5.60. The molecule has 136 valence electrons. The molecule has 0 aliphatic heterocycles. The average Bonchev–Trinajstić information content (AvgIpc) is 3.11. The predicted molar refractivity (Wildman–Crippen MR) is 104 cm³/mol. The number of hydrogen-bond acceptors (Lipinski definition) is 4. The van der Waals surface area contributed by atoms with Gasteiger partial charge < -0.3 is 4.42 Å². The van der Waals surface area contributed by atoms with Gasteiger partial charge in [-0.2, -0.15) is 0 Å². The van der Waals surface area contributed by atoms with E-state index in [1.54, 1.807) is 11.8 Å². The third-order valence-electron chi connectivity index (χ3n) is 5.32. The summed E-state index contributed by atoms with van der Waals surface area (Å²) in [5, 5.41) is 9.29. The SMILES string of the molecule is CCCCCC1CCC(c2nnc(SCc3ccc(C)cc3)o2)CC1. The van der Waals surface area contributed by atoms with Gasteiger partial charge >= 0.3 is 0 Å². The van der Waals surface area contributed by atoms with Gasteiger partial charge in [0.25, 0.3) is 5.22 Å². The van der Waals surface area contributed by atoms with E-state index < -0.39 is 0 Å². The molecule has 0 atom stereocenters. The van der Waals surface area contributed by atoms with Crippen molar-refractivity contribution in [2.75, 3.05) is 0 Å². The molecule has 3 rings (SSSR count). The second-order valence-electron chi connectivity index (χ2n) is 7.39. The zero-order chi connectivity index (χ0) is 17.5. The van der Waals surface area contributed by atoms with Crippen LogP contribution in [0.25, 0.3) is 0 Å². The molecule has 4 heteroatoms. The maximum Gasteiger partial charge on any atom is 0.276 e. The van der Waals surface area contributed by atoms with Gasteiger partial charge in [0.15, 0.2) is 0 Å². The lowest BCUT2D eigenvalue weighted by molar-refractivity contribution is 0.267. The number of unbranched alkanes of at least 4 members (excludes halogenated alkanes) is 2. The quantitative estimate of drug-likeness (QED) is 0.397. The molecule has 1 aromatic heterocycles. The lowest BCUT2D eigenvalue weighted by Crippen LogP contribution is -2.13. The van der Waals surface area contributed by atoms with E-state index in [4.69, 9.17) is 4.42 Å². The highest BCUT2D eigenvalue weighted by Crippen LogP contribution is 2.38. The molecule has 1 aromatic carbocycles. The minimum absolute atomic E-state index is 0.476. The fourth-order valence-corrected chi connectivity index (χ4v) is 4.38. The van der Waals surface area contributed by atoms with Crippen LogP contribution in [0.4, 0.5) is 0 Å². The van der Waals surface area contributed by atoms with E-state index in [1.807, 2.05) is 0 Å². The van der Waals surface area contributed by atoms with E-state index in [1.165, 1.54) is 62.5 Å². The molecule has 1 fully saturated rings. The van der Waals surface area contributed by atoms with Crippen molar-refractivity contribution in [3.63, 3.8) is 0 Å². The highest BCUT2D eigenvalue weighted by atomic mass is 32.2. The molecule has 0 spiro atoms. The minimum atomic E-state index is 0.476. The van der Waals surface area contributed by atoms with Gasteiger partial charge in [-0.15, -0.1) is 10.2 Å². The van der Waals surface area contributed by atoms with Crippen molar-refractivity contribution in [1.29, 1.82) is 0 Å². The van der Waals surface area contributed by atoms with Crippen molar-refractivity contribution in [3.05, 3.63) is 41.3 Å². The Morgan fingerprint density at radius 3 is 2.52 bits per heavy atom. The summed E-state index contributed by atoms with van der Waals surface area (Å²) in [5.41, 5.74) is 2.59. The number of rotatable bonds is 8. The van der Waals surface area contributed by atoms with Crippen LogP contribution < -0.4 is 0 Å². The molecule has 1 saturated carbocycles. The van der Waals surface area contributed by atoms with Crippen LogP contribution in [0.15, 0.2) is 33.9 Å². The van der Waals surface area contributed by atoms with Gasteiger partial charge in [-0.3, -0.25) is 0 Å². The second-order valence-corrected chi connectivity index (χ2v) is 8.32. The number of nitrogens with zero attached hydrogens (tertiary/aromatic N) is 2. The molecule has 1 heterocycles. The molecule has 1 aliphatic rings. The molecule has 1 aliphatic carbocycles. The monoisotopic (exact) mass is 358 g/mol. The molecule has 0 bridgehead atoms. The summed E-state index contributed by atoms with van der Waals surface area (Å²) in [6.45, 7) is 4.39. The minimum Gasteiger partial charge on any atom is -0.416 e. The summed E-state index contributed by atoms with van der Waals surface area (Å²) in [4.78, 5) is 0. The lowest BCUT2D eigenvalue weighted by atomic mass is 9.80. The molecule has 3 nitrogen and oxygen atoms in total. The van der Waals surface area contributed by atoms with E-state index >= 15 is 0 Å². The first kappa shape index (κ1) is 18.5. The number of aromatic nitrogens is 2. The van der Waals surface area contributed by atoms with Crippen molar-refractivity contribution < 1.29 is 4.42 Å². The van der Waals surface area contributed by atoms with Crippen LogP contribution >= 0.6 is 11.8 Å². The predicted octanol–water partition coefficient (Wildman–Crippen LogP) is 6.52. The van der Waals surface area contributed by atoms with E-state index in [2.05, 4.69) is 48.3 Å². The first-order valence-corrected chi connectivity index (χ1v) is 10.7. The fourth-order valence-electron chi connectivity index (χ4n) is 3.65. The van der Waals surface area contributed by atoms with Gasteiger partial charge in [0.1, 0.15) is 0 Å². The number of benzene rings is 1. The number of aryl methyl sites for hydroxylation is 1. The molecular formula is C21H30N2OS. The summed E-state index contributed by atoms with van der Waals surface area (Å²) in [6.07, 6.45) is 10.6. The zero-order valence-corrected chi connectivity index (χ0v) is 16.4. The van der Waals surface area contributed by atoms with Crippen LogP contribution in [-0.2, 0) is 5.75 Å². The average molecular weight is 359 g/mol. The summed E-state index contributed by atoms with van der Waals surface area (Å²) < 4.78 is 5.94. The van der Waals surface area contributed by atoms with Crippen molar-refractivity contribution in [1.82, 2.24) is 10.2 Å². The largest absolute Gasteiger partial charge is 0.416 e. The van der Waals surface area contributed by atoms with Crippen LogP contribution in [0.1, 0.15) is 81.2 Å². The third-order valence-corrected chi connectivity index (χ3v) is 6.21. The van der Waals surface area contributed by atoms with Gasteiger partial charge in [0.05, 0.1) is 0 Å². The van der Waals surface area contributed by atoms with E-state index in [-0.39, 0.29) is 0 Å². The molecule has 0 amide bonds. The Balaban J connectivity index is 1.45. The topological polar surface area (TPSA) is 38.9 Å². The molecular weight excluding hydrogens is 328 g/mol. The van der Waals surface area contributed by atoms with Crippen LogP contribution in [0.3, 0.4) is 0 Å². The Morgan fingerprint density at radius 2 is 1.80 bits per heavy atom. The van der Waals surface area contributed by atoms with Crippen molar-refractivity contribution >= 4 is 11.8 Å². The standard InChI is InChI=1S/C21H30N2OS/c1-3-4-5-6-17-11-13-19(14-12-17)20-22-23-21(24-20)25-15-18-9-7-16(2)8-10-18/h7-10,17,19H,3-6,11-15H2,1-2H3. The Hall–Kier alpha value is -1.29. The summed E-state index contributed by atoms with van der Waals surface area (Å²) in [6, 6.07) is 8.63. The van der Waals surface area contributed by atoms with Gasteiger partial charge in [-0.1, -0.05) is 74.2 Å². The van der Waals surface area contributed by atoms with E-state index in [9.17, 15) is 0 Å².